The van der Waals surface area contributed by atoms with Crippen molar-refractivity contribution in [1.29, 1.82) is 0 Å². The van der Waals surface area contributed by atoms with Crippen LogP contribution in [0.2, 0.25) is 0 Å². The van der Waals surface area contributed by atoms with Gasteiger partial charge in [-0.15, -0.1) is 0 Å². The number of ether oxygens (including phenoxy) is 1. The zero-order valence-corrected chi connectivity index (χ0v) is 14.0. The quantitative estimate of drug-likeness (QED) is 0.784. The Kier molecular flexibility index (Phi) is 5.76. The van der Waals surface area contributed by atoms with E-state index in [4.69, 9.17) is 4.74 Å². The molecule has 1 amide bonds. The molecule has 0 aliphatic heterocycles. The van der Waals surface area contributed by atoms with Gasteiger partial charge in [0.25, 0.3) is 5.91 Å². The topological polar surface area (TPSA) is 75.6 Å². The Morgan fingerprint density at radius 1 is 1.17 bits per heavy atom. The van der Waals surface area contributed by atoms with Crippen LogP contribution in [-0.4, -0.2) is 23.6 Å². The van der Waals surface area contributed by atoms with Crippen molar-refractivity contribution >= 4 is 27.8 Å². The minimum absolute atomic E-state index is 0.0289. The minimum atomic E-state index is -0.741. The molecule has 5 nitrogen and oxygen atoms in total. The second kappa shape index (κ2) is 7.78. The van der Waals surface area contributed by atoms with Gasteiger partial charge in [-0.2, -0.15) is 0 Å². The Morgan fingerprint density at radius 3 is 2.48 bits per heavy atom. The molecule has 0 aliphatic carbocycles. The molecule has 23 heavy (non-hydrogen) atoms. The summed E-state index contributed by atoms with van der Waals surface area (Å²) in [7, 11) is 0. The van der Waals surface area contributed by atoms with Gasteiger partial charge in [0.05, 0.1) is 6.04 Å². The van der Waals surface area contributed by atoms with E-state index < -0.39 is 18.5 Å². The van der Waals surface area contributed by atoms with Gasteiger partial charge < -0.3 is 15.2 Å². The molecule has 0 aromatic heterocycles. The molecule has 0 saturated carbocycles. The van der Waals surface area contributed by atoms with E-state index in [-0.39, 0.29) is 17.4 Å². The first-order valence-electron chi connectivity index (χ1n) is 6.97. The van der Waals surface area contributed by atoms with Crippen LogP contribution < -0.4 is 5.32 Å². The summed E-state index contributed by atoms with van der Waals surface area (Å²) in [4.78, 5) is 23.7. The summed E-state index contributed by atoms with van der Waals surface area (Å²) in [6, 6.07) is 13.4. The molecule has 120 valence electrons. The molecule has 0 unspecified atom stereocenters. The summed E-state index contributed by atoms with van der Waals surface area (Å²) >= 11 is 3.35. The first kappa shape index (κ1) is 17.0. The summed E-state index contributed by atoms with van der Waals surface area (Å²) < 4.78 is 5.86. The predicted octanol–water partition coefficient (Wildman–Crippen LogP) is 3.19. The SMILES string of the molecule is C[C@H](NC(=O)COC(=O)c1ccccc1O)c1ccc(Br)cc1. The average molecular weight is 378 g/mol. The van der Waals surface area contributed by atoms with Crippen molar-refractivity contribution in [3.8, 4) is 5.75 Å². The first-order valence-corrected chi connectivity index (χ1v) is 7.76. The Labute approximate surface area is 142 Å². The number of halogens is 1. The van der Waals surface area contributed by atoms with Gasteiger partial charge in [-0.05, 0) is 36.8 Å². The fourth-order valence-electron chi connectivity index (χ4n) is 1.97. The molecule has 2 rings (SSSR count). The Balaban J connectivity index is 1.86. The van der Waals surface area contributed by atoms with E-state index >= 15 is 0 Å². The molecule has 2 N–H and O–H groups in total. The van der Waals surface area contributed by atoms with Crippen LogP contribution in [0, 0.1) is 0 Å². The highest BCUT2D eigenvalue weighted by molar-refractivity contribution is 9.10. The van der Waals surface area contributed by atoms with Gasteiger partial charge in [-0.25, -0.2) is 4.79 Å². The Bertz CT molecular complexity index is 700. The average Bonchev–Trinajstić information content (AvgIpc) is 2.53. The lowest BCUT2D eigenvalue weighted by Crippen LogP contribution is -2.31. The van der Waals surface area contributed by atoms with Gasteiger partial charge in [-0.3, -0.25) is 4.79 Å². The lowest BCUT2D eigenvalue weighted by Gasteiger charge is -2.14. The number of para-hydroxylation sites is 1. The smallest absolute Gasteiger partial charge is 0.342 e. The van der Waals surface area contributed by atoms with Crippen molar-refractivity contribution in [2.45, 2.75) is 13.0 Å². The molecule has 0 heterocycles. The second-order valence-corrected chi connectivity index (χ2v) is 5.85. The van der Waals surface area contributed by atoms with Crippen LogP contribution in [0.5, 0.6) is 5.75 Å². The van der Waals surface area contributed by atoms with Crippen LogP contribution in [0.25, 0.3) is 0 Å². The van der Waals surface area contributed by atoms with Crippen molar-refractivity contribution in [3.05, 3.63) is 64.1 Å². The van der Waals surface area contributed by atoms with E-state index in [1.807, 2.05) is 31.2 Å². The van der Waals surface area contributed by atoms with E-state index in [0.29, 0.717) is 0 Å². The molecule has 2 aromatic carbocycles. The third kappa shape index (κ3) is 4.82. The number of hydrogen-bond acceptors (Lipinski definition) is 4. The number of rotatable bonds is 5. The maximum absolute atomic E-state index is 11.9. The minimum Gasteiger partial charge on any atom is -0.507 e. The maximum Gasteiger partial charge on any atom is 0.342 e. The van der Waals surface area contributed by atoms with Crippen molar-refractivity contribution in [2.75, 3.05) is 6.61 Å². The fourth-order valence-corrected chi connectivity index (χ4v) is 2.24. The molecule has 0 aliphatic rings. The molecule has 1 atom stereocenters. The van der Waals surface area contributed by atoms with Gasteiger partial charge in [-0.1, -0.05) is 40.2 Å². The number of hydrogen-bond donors (Lipinski definition) is 2. The molecule has 6 heteroatoms. The molecule has 0 bridgehead atoms. The molecule has 0 fully saturated rings. The molecule has 2 aromatic rings. The van der Waals surface area contributed by atoms with Crippen LogP contribution in [0.1, 0.15) is 28.9 Å². The molecular formula is C17H16BrNO4. The lowest BCUT2D eigenvalue weighted by molar-refractivity contribution is -0.124. The standard InChI is InChI=1S/C17H16BrNO4/c1-11(12-6-8-13(18)9-7-12)19-16(21)10-23-17(22)14-4-2-3-5-15(14)20/h2-9,11,20H,10H2,1H3,(H,19,21)/t11-/m0/s1. The number of phenols is 1. The Morgan fingerprint density at radius 2 is 1.83 bits per heavy atom. The van der Waals surface area contributed by atoms with Crippen molar-refractivity contribution in [1.82, 2.24) is 5.32 Å². The molecular weight excluding hydrogens is 362 g/mol. The number of aromatic hydroxyl groups is 1. The third-order valence-corrected chi connectivity index (χ3v) is 3.73. The van der Waals surface area contributed by atoms with E-state index in [1.54, 1.807) is 12.1 Å². The van der Waals surface area contributed by atoms with Crippen LogP contribution in [0.4, 0.5) is 0 Å². The normalized spacial score (nSPS) is 11.6. The van der Waals surface area contributed by atoms with E-state index in [0.717, 1.165) is 10.0 Å². The van der Waals surface area contributed by atoms with Gasteiger partial charge in [0, 0.05) is 4.47 Å². The van der Waals surface area contributed by atoms with Gasteiger partial charge in [0.1, 0.15) is 11.3 Å². The largest absolute Gasteiger partial charge is 0.507 e. The highest BCUT2D eigenvalue weighted by Crippen LogP contribution is 2.17. The van der Waals surface area contributed by atoms with Crippen LogP contribution in [-0.2, 0) is 9.53 Å². The monoisotopic (exact) mass is 377 g/mol. The van der Waals surface area contributed by atoms with Crippen molar-refractivity contribution in [3.63, 3.8) is 0 Å². The number of amides is 1. The zero-order chi connectivity index (χ0) is 16.8. The number of benzene rings is 2. The van der Waals surface area contributed by atoms with Gasteiger partial charge in [0.15, 0.2) is 6.61 Å². The maximum atomic E-state index is 11.9. The lowest BCUT2D eigenvalue weighted by atomic mass is 10.1. The summed E-state index contributed by atoms with van der Waals surface area (Å²) in [6.07, 6.45) is 0. The van der Waals surface area contributed by atoms with E-state index in [2.05, 4.69) is 21.2 Å². The van der Waals surface area contributed by atoms with E-state index in [9.17, 15) is 14.7 Å². The number of phenolic OH excluding ortho intramolecular Hbond substituents is 1. The second-order valence-electron chi connectivity index (χ2n) is 4.93. The first-order chi connectivity index (χ1) is 11.0. The fraction of sp³-hybridized carbons (Fsp3) is 0.176. The third-order valence-electron chi connectivity index (χ3n) is 3.21. The summed E-state index contributed by atoms with van der Waals surface area (Å²) in [5.74, 6) is -1.33. The predicted molar refractivity (Wildman–Crippen MR) is 89.1 cm³/mol. The van der Waals surface area contributed by atoms with Crippen LogP contribution in [0.3, 0.4) is 0 Å². The van der Waals surface area contributed by atoms with Gasteiger partial charge >= 0.3 is 5.97 Å². The number of nitrogens with one attached hydrogen (secondary N) is 1. The van der Waals surface area contributed by atoms with Crippen LogP contribution >= 0.6 is 15.9 Å². The highest BCUT2D eigenvalue weighted by Gasteiger charge is 2.15. The Hall–Kier alpha value is -2.34. The number of esters is 1. The van der Waals surface area contributed by atoms with E-state index in [1.165, 1.54) is 12.1 Å². The van der Waals surface area contributed by atoms with Gasteiger partial charge in [0.2, 0.25) is 0 Å². The summed E-state index contributed by atoms with van der Waals surface area (Å²) in [5.41, 5.74) is 0.967. The summed E-state index contributed by atoms with van der Waals surface area (Å²) in [6.45, 7) is 1.43. The highest BCUT2D eigenvalue weighted by atomic mass is 79.9. The zero-order valence-electron chi connectivity index (χ0n) is 12.5. The summed E-state index contributed by atoms with van der Waals surface area (Å²) in [5, 5.41) is 12.3. The molecule has 0 saturated heterocycles. The van der Waals surface area contributed by atoms with Crippen molar-refractivity contribution in [2.24, 2.45) is 0 Å². The number of carbonyl (C=O) groups is 2. The van der Waals surface area contributed by atoms with Crippen LogP contribution in [0.15, 0.2) is 53.0 Å². The van der Waals surface area contributed by atoms with Crippen molar-refractivity contribution < 1.29 is 19.4 Å². The molecule has 0 spiro atoms. The molecule has 0 radical (unpaired) electrons. The number of carbonyl (C=O) groups excluding carboxylic acids is 2.